The third kappa shape index (κ3) is 4.40. The van der Waals surface area contributed by atoms with Crippen molar-refractivity contribution < 1.29 is 9.53 Å². The number of imidazole rings is 1. The Kier molecular flexibility index (Phi) is 6.43. The Hall–Kier alpha value is -1.88. The second-order valence-electron chi connectivity index (χ2n) is 9.10. The van der Waals surface area contributed by atoms with E-state index in [-0.39, 0.29) is 12.1 Å². The van der Waals surface area contributed by atoms with Gasteiger partial charge in [-0.3, -0.25) is 0 Å². The van der Waals surface area contributed by atoms with Crippen LogP contribution in [-0.4, -0.2) is 40.6 Å². The normalized spacial score (nSPS) is 24.1. The fraction of sp³-hybridized carbons (Fsp3) is 0.652. The third-order valence-corrected chi connectivity index (χ3v) is 6.08. The zero-order valence-corrected chi connectivity index (χ0v) is 18.2. The van der Waals surface area contributed by atoms with Gasteiger partial charge in [0, 0.05) is 0 Å². The Morgan fingerprint density at radius 2 is 1.96 bits per heavy atom. The zero-order valence-electron chi connectivity index (χ0n) is 18.2. The molecule has 0 saturated heterocycles. The predicted molar refractivity (Wildman–Crippen MR) is 113 cm³/mol. The number of nitrogens with zero attached hydrogens (tertiary/aromatic N) is 3. The molecule has 5 nitrogen and oxygen atoms in total. The van der Waals surface area contributed by atoms with Crippen LogP contribution in [0.1, 0.15) is 58.8 Å². The van der Waals surface area contributed by atoms with Crippen molar-refractivity contribution in [1.29, 1.82) is 0 Å². The van der Waals surface area contributed by atoms with Gasteiger partial charge in [0.1, 0.15) is 18.0 Å². The van der Waals surface area contributed by atoms with Crippen molar-refractivity contribution in [2.75, 3.05) is 14.1 Å². The molecule has 0 N–H and O–H groups in total. The number of aromatic nitrogens is 2. The highest BCUT2D eigenvalue weighted by Crippen LogP contribution is 2.36. The maximum Gasteiger partial charge on any atom is 0.329 e. The molecule has 0 amide bonds. The van der Waals surface area contributed by atoms with Gasteiger partial charge in [0.15, 0.2) is 0 Å². The van der Waals surface area contributed by atoms with Crippen molar-refractivity contribution in [2.45, 2.75) is 65.6 Å². The summed E-state index contributed by atoms with van der Waals surface area (Å²) < 4.78 is 8.18. The van der Waals surface area contributed by atoms with Crippen molar-refractivity contribution in [2.24, 2.45) is 17.8 Å². The quantitative estimate of drug-likeness (QED) is 0.679. The van der Waals surface area contributed by atoms with Crippen molar-refractivity contribution in [3.8, 4) is 0 Å². The molecule has 1 aromatic heterocycles. The van der Waals surface area contributed by atoms with E-state index in [0.29, 0.717) is 24.3 Å². The fourth-order valence-electron chi connectivity index (χ4n) is 4.52. The van der Waals surface area contributed by atoms with Gasteiger partial charge >= 0.3 is 5.97 Å². The summed E-state index contributed by atoms with van der Waals surface area (Å²) in [6.45, 7) is 9.36. The number of carbonyl (C=O) groups is 1. The minimum atomic E-state index is -0.396. The monoisotopic (exact) mass is 385 g/mol. The van der Waals surface area contributed by atoms with Gasteiger partial charge in [-0.05, 0) is 63.7 Å². The lowest BCUT2D eigenvalue weighted by Crippen LogP contribution is -2.37. The summed E-state index contributed by atoms with van der Waals surface area (Å²) in [5, 5.41) is 0. The molecule has 154 valence electrons. The van der Waals surface area contributed by atoms with Gasteiger partial charge < -0.3 is 14.2 Å². The minimum Gasteiger partial charge on any atom is -0.461 e. The van der Waals surface area contributed by atoms with Crippen LogP contribution >= 0.6 is 0 Å². The minimum absolute atomic E-state index is 0.0192. The number of para-hydroxylation sites is 2. The second kappa shape index (κ2) is 8.64. The van der Waals surface area contributed by atoms with Gasteiger partial charge in [-0.1, -0.05) is 39.3 Å². The molecule has 3 rings (SSSR count). The highest BCUT2D eigenvalue weighted by atomic mass is 16.5. The van der Waals surface area contributed by atoms with E-state index >= 15 is 0 Å². The maximum absolute atomic E-state index is 13.2. The lowest BCUT2D eigenvalue weighted by atomic mass is 9.75. The molecule has 4 atom stereocenters. The summed E-state index contributed by atoms with van der Waals surface area (Å²) >= 11 is 0. The first-order valence-electron chi connectivity index (χ1n) is 10.6. The van der Waals surface area contributed by atoms with Gasteiger partial charge in [0.2, 0.25) is 0 Å². The molecule has 1 saturated carbocycles. The van der Waals surface area contributed by atoms with Crippen LogP contribution in [0.3, 0.4) is 0 Å². The largest absolute Gasteiger partial charge is 0.461 e. The molecule has 1 aliphatic carbocycles. The molecular formula is C23H35N3O2. The van der Waals surface area contributed by atoms with E-state index in [9.17, 15) is 4.79 Å². The number of hydrogen-bond acceptors (Lipinski definition) is 4. The van der Waals surface area contributed by atoms with E-state index in [0.717, 1.165) is 29.7 Å². The highest BCUT2D eigenvalue weighted by Gasteiger charge is 2.35. The average Bonchev–Trinajstić information content (AvgIpc) is 2.97. The maximum atomic E-state index is 13.2. The van der Waals surface area contributed by atoms with Crippen LogP contribution < -0.4 is 0 Å². The van der Waals surface area contributed by atoms with Crippen LogP contribution in [0.2, 0.25) is 0 Å². The average molecular weight is 386 g/mol. The topological polar surface area (TPSA) is 47.4 Å². The second-order valence-corrected chi connectivity index (χ2v) is 9.10. The molecule has 0 radical (unpaired) electrons. The Balaban J connectivity index is 1.86. The molecule has 1 aromatic carbocycles. The van der Waals surface area contributed by atoms with E-state index in [4.69, 9.17) is 9.72 Å². The molecule has 0 spiro atoms. The molecule has 1 heterocycles. The van der Waals surface area contributed by atoms with E-state index in [2.05, 4.69) is 25.7 Å². The lowest BCUT2D eigenvalue weighted by molar-refractivity contribution is -0.159. The number of carbonyl (C=O) groups excluding carboxylic acids is 1. The van der Waals surface area contributed by atoms with Gasteiger partial charge in [-0.25, -0.2) is 9.78 Å². The SMILES string of the molecule is CC1CCC(C(C)C)C(OC(=O)C(C)n2c(CN(C)C)nc3ccccc32)C1. The summed E-state index contributed by atoms with van der Waals surface area (Å²) in [4.78, 5) is 20.0. The summed E-state index contributed by atoms with van der Waals surface area (Å²) in [6.07, 6.45) is 3.36. The molecule has 0 bridgehead atoms. The number of benzene rings is 1. The smallest absolute Gasteiger partial charge is 0.329 e. The molecule has 2 aromatic rings. The van der Waals surface area contributed by atoms with Gasteiger partial charge in [0.05, 0.1) is 17.6 Å². The first-order chi connectivity index (χ1) is 13.3. The van der Waals surface area contributed by atoms with Gasteiger partial charge in [-0.2, -0.15) is 0 Å². The summed E-state index contributed by atoms with van der Waals surface area (Å²) in [5.41, 5.74) is 1.91. The Morgan fingerprint density at radius 3 is 2.64 bits per heavy atom. The third-order valence-electron chi connectivity index (χ3n) is 6.08. The fourth-order valence-corrected chi connectivity index (χ4v) is 4.52. The predicted octanol–water partition coefficient (Wildman–Crippen LogP) is 4.66. The Bertz CT molecular complexity index is 811. The zero-order chi connectivity index (χ0) is 20.4. The van der Waals surface area contributed by atoms with Crippen LogP contribution in [0, 0.1) is 17.8 Å². The molecular weight excluding hydrogens is 350 g/mol. The molecule has 5 heteroatoms. The van der Waals surface area contributed by atoms with Crippen molar-refractivity contribution in [3.05, 3.63) is 30.1 Å². The van der Waals surface area contributed by atoms with Crippen molar-refractivity contribution in [1.82, 2.24) is 14.5 Å². The van der Waals surface area contributed by atoms with Crippen molar-refractivity contribution in [3.63, 3.8) is 0 Å². The van der Waals surface area contributed by atoms with E-state index in [1.54, 1.807) is 0 Å². The Morgan fingerprint density at radius 1 is 1.25 bits per heavy atom. The van der Waals surface area contributed by atoms with Crippen molar-refractivity contribution >= 4 is 17.0 Å². The summed E-state index contributed by atoms with van der Waals surface area (Å²) in [7, 11) is 4.03. The van der Waals surface area contributed by atoms with Crippen LogP contribution in [-0.2, 0) is 16.1 Å². The Labute approximate surface area is 169 Å². The molecule has 4 unspecified atom stereocenters. The lowest BCUT2D eigenvalue weighted by Gasteiger charge is -2.37. The van der Waals surface area contributed by atoms with Crippen LogP contribution in [0.4, 0.5) is 0 Å². The number of hydrogen-bond donors (Lipinski definition) is 0. The molecule has 1 aliphatic rings. The highest BCUT2D eigenvalue weighted by molar-refractivity contribution is 5.81. The van der Waals surface area contributed by atoms with Gasteiger partial charge in [-0.15, -0.1) is 0 Å². The first kappa shape index (κ1) is 20.8. The van der Waals surface area contributed by atoms with Crippen LogP contribution in [0.25, 0.3) is 11.0 Å². The standard InChI is InChI=1S/C23H35N3O2/c1-15(2)18-12-11-16(3)13-21(18)28-23(27)17(4)26-20-10-8-7-9-19(20)24-22(26)14-25(5)6/h7-10,15-18,21H,11-14H2,1-6H3. The summed E-state index contributed by atoms with van der Waals surface area (Å²) in [5.74, 6) is 2.34. The number of rotatable bonds is 6. The van der Waals surface area contributed by atoms with Gasteiger partial charge in [0.25, 0.3) is 0 Å². The molecule has 28 heavy (non-hydrogen) atoms. The van der Waals surface area contributed by atoms with E-state index in [1.165, 1.54) is 6.42 Å². The number of fused-ring (bicyclic) bond motifs is 1. The van der Waals surface area contributed by atoms with E-state index < -0.39 is 6.04 Å². The summed E-state index contributed by atoms with van der Waals surface area (Å²) in [6, 6.07) is 7.62. The van der Waals surface area contributed by atoms with E-state index in [1.807, 2.05) is 49.9 Å². The van der Waals surface area contributed by atoms with Crippen LogP contribution in [0.5, 0.6) is 0 Å². The molecule has 1 fully saturated rings. The number of ether oxygens (including phenoxy) is 1. The number of esters is 1. The van der Waals surface area contributed by atoms with Crippen LogP contribution in [0.15, 0.2) is 24.3 Å². The first-order valence-corrected chi connectivity index (χ1v) is 10.6. The molecule has 0 aliphatic heterocycles.